The molecule has 1 aromatic heterocycles. The zero-order chi connectivity index (χ0) is 12.3. The van der Waals surface area contributed by atoms with Crippen molar-refractivity contribution in [3.05, 3.63) is 16.6 Å². The molecule has 7 nitrogen and oxygen atoms in total. The fourth-order valence-electron chi connectivity index (χ4n) is 1.29. The van der Waals surface area contributed by atoms with E-state index >= 15 is 0 Å². The third-order valence-electron chi connectivity index (χ3n) is 2.13. The molecule has 0 spiro atoms. The number of rotatable bonds is 4. The molecular weight excluding hydrogens is 246 g/mol. The van der Waals surface area contributed by atoms with Gasteiger partial charge >= 0.3 is 6.09 Å². The predicted octanol–water partition coefficient (Wildman–Crippen LogP) is -0.148. The van der Waals surface area contributed by atoms with Gasteiger partial charge in [-0.15, -0.1) is 11.3 Å². The summed E-state index contributed by atoms with van der Waals surface area (Å²) in [5.74, 6) is -0.718. The van der Waals surface area contributed by atoms with Gasteiger partial charge in [0.15, 0.2) is 6.61 Å². The molecule has 0 saturated carbocycles. The van der Waals surface area contributed by atoms with E-state index in [0.29, 0.717) is 5.69 Å². The molecular formula is C9H9N3O4S. The summed E-state index contributed by atoms with van der Waals surface area (Å²) in [4.78, 5) is 38.4. The molecule has 1 N–H and O–H groups in total. The Labute approximate surface area is 100 Å². The maximum atomic E-state index is 11.5. The van der Waals surface area contributed by atoms with Crippen LogP contribution in [0.15, 0.2) is 10.9 Å². The summed E-state index contributed by atoms with van der Waals surface area (Å²) in [5.41, 5.74) is 1.88. The standard InChI is InChI=1S/C9H9N3O4S/c13-7-3-16-9(15)12(7)2-1-10-8(14)6-4-17-5-11-6/h4-5H,1-3H2,(H,10,14). The highest BCUT2D eigenvalue weighted by molar-refractivity contribution is 7.07. The minimum absolute atomic E-state index is 0.105. The van der Waals surface area contributed by atoms with Crippen LogP contribution in [0.4, 0.5) is 4.79 Å². The quantitative estimate of drug-likeness (QED) is 0.808. The Hall–Kier alpha value is -1.96. The van der Waals surface area contributed by atoms with Gasteiger partial charge in [0.1, 0.15) is 5.69 Å². The number of thiazole rings is 1. The van der Waals surface area contributed by atoms with Gasteiger partial charge in [0.2, 0.25) is 0 Å². The predicted molar refractivity (Wildman–Crippen MR) is 57.5 cm³/mol. The number of hydrogen-bond donors (Lipinski definition) is 1. The largest absolute Gasteiger partial charge is 0.439 e. The van der Waals surface area contributed by atoms with E-state index in [0.717, 1.165) is 4.90 Å². The van der Waals surface area contributed by atoms with Gasteiger partial charge in [0, 0.05) is 18.5 Å². The molecule has 0 unspecified atom stereocenters. The Balaban J connectivity index is 1.78. The summed E-state index contributed by atoms with van der Waals surface area (Å²) in [5, 5.41) is 4.17. The summed E-state index contributed by atoms with van der Waals surface area (Å²) >= 11 is 1.32. The van der Waals surface area contributed by atoms with Crippen molar-refractivity contribution in [3.8, 4) is 0 Å². The van der Waals surface area contributed by atoms with E-state index in [4.69, 9.17) is 0 Å². The Morgan fingerprint density at radius 3 is 3.00 bits per heavy atom. The fraction of sp³-hybridized carbons (Fsp3) is 0.333. The zero-order valence-electron chi connectivity index (χ0n) is 8.71. The van der Waals surface area contributed by atoms with Gasteiger partial charge in [-0.05, 0) is 0 Å². The van der Waals surface area contributed by atoms with Gasteiger partial charge in [-0.1, -0.05) is 0 Å². The average molecular weight is 255 g/mol. The van der Waals surface area contributed by atoms with Crippen molar-refractivity contribution in [3.63, 3.8) is 0 Å². The Bertz CT molecular complexity index is 429. The molecule has 1 aliphatic rings. The number of ether oxygens (including phenoxy) is 1. The first-order valence-corrected chi connectivity index (χ1v) is 5.76. The molecule has 17 heavy (non-hydrogen) atoms. The SMILES string of the molecule is O=C(NCCN1C(=O)COC1=O)c1cscn1. The van der Waals surface area contributed by atoms with E-state index in [1.165, 1.54) is 11.3 Å². The van der Waals surface area contributed by atoms with Crippen molar-refractivity contribution in [2.24, 2.45) is 0 Å². The molecule has 2 heterocycles. The highest BCUT2D eigenvalue weighted by Gasteiger charge is 2.30. The third-order valence-corrected chi connectivity index (χ3v) is 2.71. The van der Waals surface area contributed by atoms with Crippen molar-refractivity contribution in [1.82, 2.24) is 15.2 Å². The number of aromatic nitrogens is 1. The molecule has 1 fully saturated rings. The normalized spacial score (nSPS) is 14.9. The molecule has 0 radical (unpaired) electrons. The lowest BCUT2D eigenvalue weighted by Crippen LogP contribution is -2.37. The van der Waals surface area contributed by atoms with E-state index in [9.17, 15) is 14.4 Å². The van der Waals surface area contributed by atoms with Crippen LogP contribution in [-0.2, 0) is 9.53 Å². The average Bonchev–Trinajstić information content (AvgIpc) is 2.93. The third kappa shape index (κ3) is 2.59. The van der Waals surface area contributed by atoms with E-state index in [1.54, 1.807) is 10.9 Å². The van der Waals surface area contributed by atoms with E-state index in [-0.39, 0.29) is 25.6 Å². The van der Waals surface area contributed by atoms with Crippen LogP contribution in [0.5, 0.6) is 0 Å². The molecule has 90 valence electrons. The topological polar surface area (TPSA) is 88.6 Å². The Kier molecular flexibility index (Phi) is 3.33. The van der Waals surface area contributed by atoms with Crippen LogP contribution in [0, 0.1) is 0 Å². The number of hydrogen-bond acceptors (Lipinski definition) is 6. The van der Waals surface area contributed by atoms with Gasteiger partial charge in [-0.2, -0.15) is 0 Å². The second kappa shape index (κ2) is 4.91. The number of carbonyl (C=O) groups excluding carboxylic acids is 3. The smallest absolute Gasteiger partial charge is 0.417 e. The van der Waals surface area contributed by atoms with Crippen LogP contribution >= 0.6 is 11.3 Å². The van der Waals surface area contributed by atoms with Gasteiger partial charge in [-0.25, -0.2) is 14.7 Å². The van der Waals surface area contributed by atoms with Crippen molar-refractivity contribution < 1.29 is 19.1 Å². The van der Waals surface area contributed by atoms with Gasteiger partial charge in [-0.3, -0.25) is 9.59 Å². The summed E-state index contributed by atoms with van der Waals surface area (Å²) in [7, 11) is 0. The lowest BCUT2D eigenvalue weighted by Gasteiger charge is -2.10. The second-order valence-electron chi connectivity index (χ2n) is 3.23. The summed E-state index contributed by atoms with van der Waals surface area (Å²) in [6.45, 7) is 0.0591. The van der Waals surface area contributed by atoms with Crippen LogP contribution in [0.1, 0.15) is 10.5 Å². The Morgan fingerprint density at radius 2 is 2.41 bits per heavy atom. The highest BCUT2D eigenvalue weighted by atomic mass is 32.1. The lowest BCUT2D eigenvalue weighted by atomic mass is 10.4. The summed E-state index contributed by atoms with van der Waals surface area (Å²) < 4.78 is 4.52. The van der Waals surface area contributed by atoms with Gasteiger partial charge in [0.05, 0.1) is 5.51 Å². The van der Waals surface area contributed by atoms with Crippen molar-refractivity contribution in [2.45, 2.75) is 0 Å². The Morgan fingerprint density at radius 1 is 1.59 bits per heavy atom. The molecule has 2 rings (SSSR count). The molecule has 0 bridgehead atoms. The molecule has 1 aliphatic heterocycles. The van der Waals surface area contributed by atoms with E-state index in [1.807, 2.05) is 0 Å². The first-order valence-electron chi connectivity index (χ1n) is 4.82. The molecule has 3 amide bonds. The second-order valence-corrected chi connectivity index (χ2v) is 3.95. The number of amides is 3. The summed E-state index contributed by atoms with van der Waals surface area (Å²) in [6.07, 6.45) is -0.669. The summed E-state index contributed by atoms with van der Waals surface area (Å²) in [6, 6.07) is 0. The monoisotopic (exact) mass is 255 g/mol. The van der Waals surface area contributed by atoms with Gasteiger partial charge < -0.3 is 10.1 Å². The molecule has 0 aromatic carbocycles. The molecule has 0 atom stereocenters. The van der Waals surface area contributed by atoms with Crippen molar-refractivity contribution in [1.29, 1.82) is 0 Å². The van der Waals surface area contributed by atoms with Crippen LogP contribution < -0.4 is 5.32 Å². The molecule has 1 aromatic rings. The fourth-order valence-corrected chi connectivity index (χ4v) is 1.83. The van der Waals surface area contributed by atoms with Crippen LogP contribution in [-0.4, -0.2) is 47.5 Å². The maximum absolute atomic E-state index is 11.5. The number of carbonyl (C=O) groups is 3. The van der Waals surface area contributed by atoms with E-state index in [2.05, 4.69) is 15.0 Å². The molecule has 8 heteroatoms. The van der Waals surface area contributed by atoms with Gasteiger partial charge in [0.25, 0.3) is 11.8 Å². The molecule has 0 aliphatic carbocycles. The molecule has 1 saturated heterocycles. The minimum atomic E-state index is -0.669. The lowest BCUT2D eigenvalue weighted by molar-refractivity contribution is -0.125. The first kappa shape index (κ1) is 11.5. The first-order chi connectivity index (χ1) is 8.18. The number of nitrogens with one attached hydrogen (secondary N) is 1. The minimum Gasteiger partial charge on any atom is -0.439 e. The number of nitrogens with zero attached hydrogens (tertiary/aromatic N) is 2. The highest BCUT2D eigenvalue weighted by Crippen LogP contribution is 2.04. The van der Waals surface area contributed by atoms with E-state index < -0.39 is 12.0 Å². The van der Waals surface area contributed by atoms with Crippen LogP contribution in [0.3, 0.4) is 0 Å². The number of cyclic esters (lactones) is 1. The van der Waals surface area contributed by atoms with Crippen LogP contribution in [0.25, 0.3) is 0 Å². The van der Waals surface area contributed by atoms with Crippen molar-refractivity contribution in [2.75, 3.05) is 19.7 Å². The van der Waals surface area contributed by atoms with Crippen molar-refractivity contribution >= 4 is 29.2 Å². The zero-order valence-corrected chi connectivity index (χ0v) is 9.53. The van der Waals surface area contributed by atoms with Crippen LogP contribution in [0.2, 0.25) is 0 Å². The maximum Gasteiger partial charge on any atom is 0.417 e. The number of imide groups is 1.